The topological polar surface area (TPSA) is 77.8 Å². The highest BCUT2D eigenvalue weighted by molar-refractivity contribution is 7.21. The number of benzene rings is 3. The quantitative estimate of drug-likeness (QED) is 0.297. The van der Waals surface area contributed by atoms with Gasteiger partial charge in [0.15, 0.2) is 0 Å². The number of rotatable bonds is 7. The van der Waals surface area contributed by atoms with Crippen molar-refractivity contribution in [2.45, 2.75) is 13.3 Å². The van der Waals surface area contributed by atoms with Crippen LogP contribution in [0.4, 0.5) is 5.69 Å². The normalized spacial score (nSPS) is 11.2. The number of nitrogens with zero attached hydrogens (tertiary/aromatic N) is 2. The van der Waals surface area contributed by atoms with Crippen LogP contribution in [-0.4, -0.2) is 17.4 Å². The van der Waals surface area contributed by atoms with Gasteiger partial charge in [0.1, 0.15) is 16.6 Å². The Hall–Kier alpha value is -3.95. The van der Waals surface area contributed by atoms with Crippen molar-refractivity contribution in [3.8, 4) is 16.6 Å². The van der Waals surface area contributed by atoms with Crippen molar-refractivity contribution in [3.63, 3.8) is 0 Å². The van der Waals surface area contributed by atoms with Crippen LogP contribution >= 0.6 is 11.3 Å². The second-order valence-corrected chi connectivity index (χ2v) is 8.40. The zero-order valence-corrected chi connectivity index (χ0v) is 18.4. The molecule has 0 aliphatic rings. The van der Waals surface area contributed by atoms with Crippen molar-refractivity contribution >= 4 is 33.1 Å². The fourth-order valence-electron chi connectivity index (χ4n) is 3.23. The van der Waals surface area contributed by atoms with Gasteiger partial charge < -0.3 is 10.6 Å². The molecule has 0 aliphatic carbocycles. The lowest BCUT2D eigenvalue weighted by atomic mass is 10.1. The van der Waals surface area contributed by atoms with Crippen LogP contribution in [-0.2, 0) is 11.2 Å². The van der Waals surface area contributed by atoms with E-state index in [0.29, 0.717) is 13.0 Å². The SMILES string of the molecule is Cc1ccc2nc(-c3ccc(N/C=C(/C#N)C(=O)NCCc4ccccc4)cc3)sc2c1. The minimum absolute atomic E-state index is 0.0312. The standard InChI is InChI=1S/C26H22N4OS/c1-18-7-12-23-24(15-18)32-26(30-23)20-8-10-22(11-9-20)29-17-21(16-27)25(31)28-14-13-19-5-3-2-4-6-19/h2-12,15,17,29H,13-14H2,1H3,(H,28,31)/b21-17-. The van der Waals surface area contributed by atoms with Gasteiger partial charge >= 0.3 is 0 Å². The van der Waals surface area contributed by atoms with Gasteiger partial charge in [0.2, 0.25) is 0 Å². The highest BCUT2D eigenvalue weighted by Gasteiger charge is 2.09. The third-order valence-electron chi connectivity index (χ3n) is 4.97. The van der Waals surface area contributed by atoms with Gasteiger partial charge in [-0.25, -0.2) is 4.98 Å². The number of nitriles is 1. The van der Waals surface area contributed by atoms with E-state index in [1.54, 1.807) is 11.3 Å². The Morgan fingerprint density at radius 2 is 1.88 bits per heavy atom. The van der Waals surface area contributed by atoms with E-state index in [9.17, 15) is 10.1 Å². The third kappa shape index (κ3) is 5.20. The molecule has 1 amide bonds. The number of aromatic nitrogens is 1. The first-order valence-corrected chi connectivity index (χ1v) is 11.1. The molecule has 0 atom stereocenters. The van der Waals surface area contributed by atoms with Crippen molar-refractivity contribution in [2.24, 2.45) is 0 Å². The zero-order valence-electron chi connectivity index (χ0n) is 17.6. The maximum absolute atomic E-state index is 12.3. The van der Waals surface area contributed by atoms with Gasteiger partial charge in [-0.2, -0.15) is 5.26 Å². The van der Waals surface area contributed by atoms with Crippen LogP contribution in [0.25, 0.3) is 20.8 Å². The predicted molar refractivity (Wildman–Crippen MR) is 130 cm³/mol. The molecule has 6 heteroatoms. The summed E-state index contributed by atoms with van der Waals surface area (Å²) in [7, 11) is 0. The summed E-state index contributed by atoms with van der Waals surface area (Å²) in [6, 6.07) is 25.9. The van der Waals surface area contributed by atoms with Crippen molar-refractivity contribution in [1.29, 1.82) is 5.26 Å². The molecule has 158 valence electrons. The lowest BCUT2D eigenvalue weighted by molar-refractivity contribution is -0.117. The van der Waals surface area contributed by atoms with E-state index in [1.807, 2.05) is 66.7 Å². The number of thiazole rings is 1. The van der Waals surface area contributed by atoms with E-state index < -0.39 is 5.91 Å². The van der Waals surface area contributed by atoms with Gasteiger partial charge in [-0.1, -0.05) is 36.4 Å². The minimum Gasteiger partial charge on any atom is -0.360 e. The molecule has 0 spiro atoms. The van der Waals surface area contributed by atoms with Crippen LogP contribution in [0, 0.1) is 18.3 Å². The van der Waals surface area contributed by atoms with Crippen LogP contribution in [0.2, 0.25) is 0 Å². The number of nitrogens with one attached hydrogen (secondary N) is 2. The number of carbonyl (C=O) groups is 1. The van der Waals surface area contributed by atoms with Crippen molar-refractivity contribution in [1.82, 2.24) is 10.3 Å². The fraction of sp³-hybridized carbons (Fsp3) is 0.115. The first-order chi connectivity index (χ1) is 15.6. The highest BCUT2D eigenvalue weighted by atomic mass is 32.1. The summed E-state index contributed by atoms with van der Waals surface area (Å²) >= 11 is 1.66. The number of anilines is 1. The highest BCUT2D eigenvalue weighted by Crippen LogP contribution is 2.31. The molecule has 32 heavy (non-hydrogen) atoms. The molecule has 0 radical (unpaired) electrons. The summed E-state index contributed by atoms with van der Waals surface area (Å²) < 4.78 is 1.17. The number of fused-ring (bicyclic) bond motifs is 1. The van der Waals surface area contributed by atoms with E-state index in [1.165, 1.54) is 16.5 Å². The molecule has 0 fully saturated rings. The largest absolute Gasteiger partial charge is 0.360 e. The van der Waals surface area contributed by atoms with Crippen LogP contribution in [0.3, 0.4) is 0 Å². The molecule has 4 rings (SSSR count). The summed E-state index contributed by atoms with van der Waals surface area (Å²) in [6.07, 6.45) is 2.15. The van der Waals surface area contributed by atoms with Gasteiger partial charge in [-0.05, 0) is 60.9 Å². The van der Waals surface area contributed by atoms with E-state index in [2.05, 4.69) is 29.7 Å². The summed E-state index contributed by atoms with van der Waals surface area (Å²) in [5.74, 6) is -0.391. The lowest BCUT2D eigenvalue weighted by Gasteiger charge is -2.06. The average molecular weight is 439 g/mol. The van der Waals surface area contributed by atoms with Crippen molar-refractivity contribution < 1.29 is 4.79 Å². The number of hydrogen-bond donors (Lipinski definition) is 2. The van der Waals surface area contributed by atoms with Crippen LogP contribution in [0.15, 0.2) is 84.6 Å². The number of hydrogen-bond acceptors (Lipinski definition) is 5. The summed E-state index contributed by atoms with van der Waals surface area (Å²) in [6.45, 7) is 2.55. The molecular weight excluding hydrogens is 416 g/mol. The minimum atomic E-state index is -0.391. The fourth-order valence-corrected chi connectivity index (χ4v) is 4.30. The van der Waals surface area contributed by atoms with Crippen molar-refractivity contribution in [2.75, 3.05) is 11.9 Å². The number of amides is 1. The molecule has 1 aromatic heterocycles. The van der Waals surface area contributed by atoms with E-state index in [4.69, 9.17) is 4.98 Å². The maximum atomic E-state index is 12.3. The van der Waals surface area contributed by atoms with Crippen LogP contribution in [0.1, 0.15) is 11.1 Å². The Kier molecular flexibility index (Phi) is 6.59. The number of carbonyl (C=O) groups excluding carboxylic acids is 1. The molecule has 2 N–H and O–H groups in total. The third-order valence-corrected chi connectivity index (χ3v) is 6.03. The lowest BCUT2D eigenvalue weighted by Crippen LogP contribution is -2.27. The first-order valence-electron chi connectivity index (χ1n) is 10.3. The molecule has 1 heterocycles. The van der Waals surface area contributed by atoms with Crippen molar-refractivity contribution in [3.05, 3.63) is 95.7 Å². The molecule has 3 aromatic carbocycles. The first kappa shape index (κ1) is 21.3. The molecule has 0 saturated heterocycles. The summed E-state index contributed by atoms with van der Waals surface area (Å²) in [5, 5.41) is 16.1. The predicted octanol–water partition coefficient (Wildman–Crippen LogP) is 5.45. The Morgan fingerprint density at radius 3 is 2.62 bits per heavy atom. The maximum Gasteiger partial charge on any atom is 0.263 e. The van der Waals surface area contributed by atoms with Gasteiger partial charge in [0.25, 0.3) is 5.91 Å². The Bertz CT molecular complexity index is 1300. The Labute approximate surface area is 191 Å². The molecule has 0 bridgehead atoms. The monoisotopic (exact) mass is 438 g/mol. The van der Waals surface area contributed by atoms with E-state index >= 15 is 0 Å². The van der Waals surface area contributed by atoms with Gasteiger partial charge in [-0.3, -0.25) is 4.79 Å². The Balaban J connectivity index is 1.37. The molecule has 4 aromatic rings. The Morgan fingerprint density at radius 1 is 1.09 bits per heavy atom. The molecule has 0 aliphatic heterocycles. The number of aryl methyl sites for hydroxylation is 1. The smallest absolute Gasteiger partial charge is 0.263 e. The van der Waals surface area contributed by atoms with E-state index in [0.717, 1.165) is 27.3 Å². The second kappa shape index (κ2) is 9.90. The van der Waals surface area contributed by atoms with Gasteiger partial charge in [0, 0.05) is 24.0 Å². The van der Waals surface area contributed by atoms with Gasteiger partial charge in [0.05, 0.1) is 10.2 Å². The summed E-state index contributed by atoms with van der Waals surface area (Å²) in [5.41, 5.74) is 5.20. The molecular formula is C26H22N4OS. The van der Waals surface area contributed by atoms with Crippen LogP contribution in [0.5, 0.6) is 0 Å². The molecule has 0 saturated carbocycles. The zero-order chi connectivity index (χ0) is 22.3. The molecule has 0 unspecified atom stereocenters. The van der Waals surface area contributed by atoms with Gasteiger partial charge in [-0.15, -0.1) is 11.3 Å². The van der Waals surface area contributed by atoms with Crippen LogP contribution < -0.4 is 10.6 Å². The average Bonchev–Trinajstić information content (AvgIpc) is 3.24. The second-order valence-electron chi connectivity index (χ2n) is 7.37. The van der Waals surface area contributed by atoms with E-state index in [-0.39, 0.29) is 5.57 Å². The summed E-state index contributed by atoms with van der Waals surface area (Å²) in [4.78, 5) is 17.0. The molecule has 5 nitrogen and oxygen atoms in total.